The summed E-state index contributed by atoms with van der Waals surface area (Å²) in [6.07, 6.45) is 1.13. The fourth-order valence-electron chi connectivity index (χ4n) is 1.01. The van der Waals surface area contributed by atoms with Gasteiger partial charge in [0.15, 0.2) is 0 Å². The molecule has 0 bridgehead atoms. The number of ether oxygens (including phenoxy) is 1. The molecule has 0 aliphatic rings. The number of halogens is 1. The summed E-state index contributed by atoms with van der Waals surface area (Å²) in [4.78, 5) is 0. The van der Waals surface area contributed by atoms with Crippen molar-refractivity contribution in [3.63, 3.8) is 0 Å². The van der Waals surface area contributed by atoms with Gasteiger partial charge in [-0.25, -0.2) is 4.39 Å². The molecule has 0 unspecified atom stereocenters. The van der Waals surface area contributed by atoms with Crippen molar-refractivity contribution < 1.29 is 14.3 Å². The van der Waals surface area contributed by atoms with Crippen molar-refractivity contribution in [2.45, 2.75) is 6.92 Å². The van der Waals surface area contributed by atoms with Crippen molar-refractivity contribution in [2.75, 3.05) is 7.11 Å². The topological polar surface area (TPSA) is 41.8 Å². The van der Waals surface area contributed by atoms with Gasteiger partial charge in [0.25, 0.3) is 0 Å². The third kappa shape index (κ3) is 1.96. The molecule has 4 heteroatoms. The van der Waals surface area contributed by atoms with E-state index in [1.807, 2.05) is 0 Å². The van der Waals surface area contributed by atoms with Gasteiger partial charge in [-0.1, -0.05) is 5.16 Å². The molecule has 1 rings (SSSR count). The lowest BCUT2D eigenvalue weighted by Gasteiger charge is -2.05. The molecule has 0 atom stereocenters. The lowest BCUT2D eigenvalue weighted by molar-refractivity contribution is 0.321. The maximum absolute atomic E-state index is 13.0. The predicted octanol–water partition coefficient (Wildman–Crippen LogP) is 1.95. The first-order valence-corrected chi connectivity index (χ1v) is 3.70. The third-order valence-electron chi connectivity index (χ3n) is 1.71. The standard InChI is InChI=1S/C9H10FNO2/c1-6-3-9(13-2)7(5-11-12)4-8(6)10/h3-5,12H,1-2H3/b11-5+. The normalized spacial score (nSPS) is 10.7. The monoisotopic (exact) mass is 183 g/mol. The second-order valence-electron chi connectivity index (χ2n) is 2.59. The molecule has 0 saturated heterocycles. The van der Waals surface area contributed by atoms with Crippen molar-refractivity contribution in [1.29, 1.82) is 0 Å². The summed E-state index contributed by atoms with van der Waals surface area (Å²) in [5.41, 5.74) is 0.903. The van der Waals surface area contributed by atoms with Gasteiger partial charge in [0, 0.05) is 5.56 Å². The first-order chi connectivity index (χ1) is 6.19. The Kier molecular flexibility index (Phi) is 2.84. The second-order valence-corrected chi connectivity index (χ2v) is 2.59. The van der Waals surface area contributed by atoms with E-state index < -0.39 is 0 Å². The number of aryl methyl sites for hydroxylation is 1. The van der Waals surface area contributed by atoms with Gasteiger partial charge in [-0.2, -0.15) is 0 Å². The van der Waals surface area contributed by atoms with Crippen LogP contribution in [0.1, 0.15) is 11.1 Å². The van der Waals surface area contributed by atoms with Crippen LogP contribution in [0.5, 0.6) is 5.75 Å². The molecule has 0 radical (unpaired) electrons. The molecule has 1 aromatic rings. The summed E-state index contributed by atoms with van der Waals surface area (Å²) in [7, 11) is 1.47. The maximum Gasteiger partial charge on any atom is 0.128 e. The molecular formula is C9H10FNO2. The summed E-state index contributed by atoms with van der Waals surface area (Å²) in [5, 5.41) is 11.1. The van der Waals surface area contributed by atoms with Gasteiger partial charge in [-0.15, -0.1) is 0 Å². The summed E-state index contributed by atoms with van der Waals surface area (Å²) >= 11 is 0. The first-order valence-electron chi connectivity index (χ1n) is 3.70. The SMILES string of the molecule is COc1cc(C)c(F)cc1/C=N/O. The highest BCUT2D eigenvalue weighted by Gasteiger charge is 2.05. The lowest BCUT2D eigenvalue weighted by Crippen LogP contribution is -1.94. The maximum atomic E-state index is 13.0. The summed E-state index contributed by atoms with van der Waals surface area (Å²) in [5.74, 6) is 0.132. The van der Waals surface area contributed by atoms with Crippen LogP contribution in [0.2, 0.25) is 0 Å². The smallest absolute Gasteiger partial charge is 0.128 e. The highest BCUT2D eigenvalue weighted by Crippen LogP contribution is 2.20. The molecular weight excluding hydrogens is 173 g/mol. The van der Waals surface area contributed by atoms with E-state index in [1.165, 1.54) is 13.2 Å². The average Bonchev–Trinajstić information content (AvgIpc) is 2.11. The summed E-state index contributed by atoms with van der Waals surface area (Å²) in [6.45, 7) is 1.64. The first kappa shape index (κ1) is 9.51. The van der Waals surface area contributed by atoms with E-state index in [2.05, 4.69) is 5.16 Å². The van der Waals surface area contributed by atoms with E-state index in [0.29, 0.717) is 16.9 Å². The van der Waals surface area contributed by atoms with E-state index in [1.54, 1.807) is 13.0 Å². The van der Waals surface area contributed by atoms with Crippen LogP contribution >= 0.6 is 0 Å². The number of methoxy groups -OCH3 is 1. The number of hydrogen-bond acceptors (Lipinski definition) is 3. The van der Waals surface area contributed by atoms with E-state index in [9.17, 15) is 4.39 Å². The van der Waals surface area contributed by atoms with Crippen molar-refractivity contribution in [1.82, 2.24) is 0 Å². The minimum absolute atomic E-state index is 0.351. The van der Waals surface area contributed by atoms with Gasteiger partial charge in [0.1, 0.15) is 11.6 Å². The summed E-state index contributed by atoms with van der Waals surface area (Å²) < 4.78 is 18.0. The van der Waals surface area contributed by atoms with Crippen molar-refractivity contribution >= 4 is 6.21 Å². The van der Waals surface area contributed by atoms with Crippen LogP contribution in [0.15, 0.2) is 17.3 Å². The van der Waals surface area contributed by atoms with E-state index in [-0.39, 0.29) is 5.82 Å². The largest absolute Gasteiger partial charge is 0.496 e. The highest BCUT2D eigenvalue weighted by atomic mass is 19.1. The van der Waals surface area contributed by atoms with Crippen LogP contribution in [0.25, 0.3) is 0 Å². The van der Waals surface area contributed by atoms with Gasteiger partial charge in [-0.3, -0.25) is 0 Å². The molecule has 1 N–H and O–H groups in total. The zero-order chi connectivity index (χ0) is 9.84. The van der Waals surface area contributed by atoms with Crippen LogP contribution in [0.3, 0.4) is 0 Å². The fraction of sp³-hybridized carbons (Fsp3) is 0.222. The van der Waals surface area contributed by atoms with Gasteiger partial charge in [0.05, 0.1) is 13.3 Å². The highest BCUT2D eigenvalue weighted by molar-refractivity contribution is 5.83. The third-order valence-corrected chi connectivity index (χ3v) is 1.71. The van der Waals surface area contributed by atoms with Crippen molar-refractivity contribution in [2.24, 2.45) is 5.16 Å². The van der Waals surface area contributed by atoms with Crippen LogP contribution in [0.4, 0.5) is 4.39 Å². The molecule has 1 aromatic carbocycles. The number of rotatable bonds is 2. The van der Waals surface area contributed by atoms with Crippen LogP contribution in [-0.4, -0.2) is 18.5 Å². The van der Waals surface area contributed by atoms with E-state index in [0.717, 1.165) is 6.21 Å². The number of oxime groups is 1. The second kappa shape index (κ2) is 3.89. The van der Waals surface area contributed by atoms with Crippen LogP contribution in [0, 0.1) is 12.7 Å². The van der Waals surface area contributed by atoms with E-state index in [4.69, 9.17) is 9.94 Å². The molecule has 70 valence electrons. The molecule has 0 aliphatic heterocycles. The van der Waals surface area contributed by atoms with Gasteiger partial charge >= 0.3 is 0 Å². The lowest BCUT2D eigenvalue weighted by atomic mass is 10.1. The molecule has 3 nitrogen and oxygen atoms in total. The molecule has 0 aromatic heterocycles. The van der Waals surface area contributed by atoms with Gasteiger partial charge in [-0.05, 0) is 24.6 Å². The fourth-order valence-corrected chi connectivity index (χ4v) is 1.01. The molecule has 0 saturated carbocycles. The zero-order valence-electron chi connectivity index (χ0n) is 7.41. The number of hydrogen-bond donors (Lipinski definition) is 1. The molecule has 0 fully saturated rings. The number of benzene rings is 1. The van der Waals surface area contributed by atoms with Crippen LogP contribution < -0.4 is 4.74 Å². The van der Waals surface area contributed by atoms with E-state index >= 15 is 0 Å². The molecule has 13 heavy (non-hydrogen) atoms. The molecule has 0 aliphatic carbocycles. The Balaban J connectivity index is 3.24. The van der Waals surface area contributed by atoms with Crippen LogP contribution in [-0.2, 0) is 0 Å². The minimum atomic E-state index is -0.351. The minimum Gasteiger partial charge on any atom is -0.496 e. The summed E-state index contributed by atoms with van der Waals surface area (Å²) in [6, 6.07) is 2.81. The predicted molar refractivity (Wildman–Crippen MR) is 47.1 cm³/mol. The quantitative estimate of drug-likeness (QED) is 0.432. The molecule has 0 spiro atoms. The Morgan fingerprint density at radius 2 is 2.23 bits per heavy atom. The Morgan fingerprint density at radius 3 is 2.77 bits per heavy atom. The molecule has 0 heterocycles. The van der Waals surface area contributed by atoms with Crippen molar-refractivity contribution in [3.8, 4) is 5.75 Å². The zero-order valence-corrected chi connectivity index (χ0v) is 7.41. The Labute approximate surface area is 75.4 Å². The van der Waals surface area contributed by atoms with Crippen molar-refractivity contribution in [3.05, 3.63) is 29.1 Å². The molecule has 0 amide bonds. The Morgan fingerprint density at radius 1 is 1.54 bits per heavy atom. The van der Waals surface area contributed by atoms with Gasteiger partial charge in [0.2, 0.25) is 0 Å². The Bertz CT molecular complexity index is 337. The average molecular weight is 183 g/mol. The number of nitrogens with zero attached hydrogens (tertiary/aromatic N) is 1. The van der Waals surface area contributed by atoms with Gasteiger partial charge < -0.3 is 9.94 Å². The Hall–Kier alpha value is -1.58.